The quantitative estimate of drug-likeness (QED) is 0.493. The zero-order valence-electron chi connectivity index (χ0n) is 16.7. The fraction of sp³-hybridized carbons (Fsp3) is 0.280. The van der Waals surface area contributed by atoms with E-state index in [9.17, 15) is 4.57 Å². The van der Waals surface area contributed by atoms with Crippen molar-refractivity contribution in [3.05, 3.63) is 91.0 Å². The fourth-order valence-corrected chi connectivity index (χ4v) is 12.6. The van der Waals surface area contributed by atoms with Gasteiger partial charge >= 0.3 is 0 Å². The molecular weight excluding hydrogens is 378 g/mol. The third kappa shape index (κ3) is 3.52. The van der Waals surface area contributed by atoms with Gasteiger partial charge < -0.3 is 4.57 Å². The lowest BCUT2D eigenvalue weighted by atomic mass is 10.1. The molecule has 0 unspecified atom stereocenters. The van der Waals surface area contributed by atoms with Gasteiger partial charge in [-0.25, -0.2) is 0 Å². The maximum Gasteiger partial charge on any atom is 0.119 e. The van der Waals surface area contributed by atoms with Gasteiger partial charge in [0.2, 0.25) is 0 Å². The summed E-state index contributed by atoms with van der Waals surface area (Å²) in [5, 5.41) is 3.77. The molecule has 0 radical (unpaired) electrons. The summed E-state index contributed by atoms with van der Waals surface area (Å²) in [5.74, 6) is 0. The van der Waals surface area contributed by atoms with Gasteiger partial charge in [0.25, 0.3) is 0 Å². The number of hydrogen-bond donors (Lipinski definition) is 0. The molecule has 0 spiro atoms. The Morgan fingerprint density at radius 3 is 1.75 bits per heavy atom. The molecule has 1 saturated heterocycles. The van der Waals surface area contributed by atoms with Crippen molar-refractivity contribution in [2.24, 2.45) is 0 Å². The van der Waals surface area contributed by atoms with Gasteiger partial charge in [0.15, 0.2) is 0 Å². The highest BCUT2D eigenvalue weighted by molar-refractivity contribution is 7.77. The van der Waals surface area contributed by atoms with Gasteiger partial charge in [-0.2, -0.15) is 0 Å². The van der Waals surface area contributed by atoms with E-state index in [4.69, 9.17) is 0 Å². The van der Waals surface area contributed by atoms with E-state index in [2.05, 4.69) is 86.6 Å². The molecule has 0 N–H and O–H groups in total. The first-order chi connectivity index (χ1) is 13.5. The molecule has 0 bridgehead atoms. The largest absolute Gasteiger partial charge is 0.318 e. The van der Waals surface area contributed by atoms with Crippen LogP contribution in [0, 0.1) is 0 Å². The first kappa shape index (κ1) is 19.6. The third-order valence-electron chi connectivity index (χ3n) is 6.09. The summed E-state index contributed by atoms with van der Waals surface area (Å²) in [6.45, 7) is 4.73. The molecule has 144 valence electrons. The minimum absolute atomic E-state index is 0.0556. The van der Waals surface area contributed by atoms with Crippen LogP contribution in [0.4, 0.5) is 0 Å². The summed E-state index contributed by atoms with van der Waals surface area (Å²) in [7, 11) is -3.06. The van der Waals surface area contributed by atoms with E-state index < -0.39 is 15.1 Å². The molecule has 0 saturated carbocycles. The van der Waals surface area contributed by atoms with E-state index in [-0.39, 0.29) is 10.8 Å². The van der Waals surface area contributed by atoms with E-state index in [0.29, 0.717) is 0 Å². The summed E-state index contributed by atoms with van der Waals surface area (Å²) >= 11 is 0. The molecule has 3 heteroatoms. The molecule has 28 heavy (non-hydrogen) atoms. The Balaban J connectivity index is 1.83. The topological polar surface area (TPSA) is 17.1 Å². The Labute approximate surface area is 170 Å². The van der Waals surface area contributed by atoms with E-state index >= 15 is 0 Å². The Morgan fingerprint density at radius 2 is 1.25 bits per heavy atom. The molecular formula is C25H28OP2. The van der Waals surface area contributed by atoms with Crippen molar-refractivity contribution >= 4 is 31.0 Å². The predicted octanol–water partition coefficient (Wildman–Crippen LogP) is 5.75. The van der Waals surface area contributed by atoms with Crippen LogP contribution >= 0.6 is 15.1 Å². The Hall–Kier alpha value is -1.68. The van der Waals surface area contributed by atoms with E-state index in [1.807, 2.05) is 18.2 Å². The normalized spacial score (nSPS) is 22.5. The molecule has 2 atom stereocenters. The summed E-state index contributed by atoms with van der Waals surface area (Å²) in [5.41, 5.74) is 0.217. The van der Waals surface area contributed by atoms with Crippen LogP contribution in [0.25, 0.3) is 0 Å². The van der Waals surface area contributed by atoms with Crippen molar-refractivity contribution in [1.29, 1.82) is 0 Å². The lowest BCUT2D eigenvalue weighted by molar-refractivity contribution is 0.555. The van der Waals surface area contributed by atoms with Gasteiger partial charge in [-0.3, -0.25) is 0 Å². The SMILES string of the molecule is CC(C)([C@@H]1CCC[P@]1(=O)c1ccccc1)P(c1ccccc1)c1ccccc1. The van der Waals surface area contributed by atoms with Crippen molar-refractivity contribution in [2.75, 3.05) is 6.16 Å². The maximum atomic E-state index is 14.4. The monoisotopic (exact) mass is 406 g/mol. The lowest BCUT2D eigenvalue weighted by Crippen LogP contribution is -2.40. The number of hydrogen-bond acceptors (Lipinski definition) is 1. The van der Waals surface area contributed by atoms with Gasteiger partial charge in [0.05, 0.1) is 0 Å². The van der Waals surface area contributed by atoms with Crippen LogP contribution in [-0.4, -0.2) is 17.0 Å². The molecule has 1 heterocycles. The molecule has 1 aliphatic heterocycles. The van der Waals surface area contributed by atoms with Crippen LogP contribution in [0.5, 0.6) is 0 Å². The molecule has 1 nitrogen and oxygen atoms in total. The van der Waals surface area contributed by atoms with Crippen molar-refractivity contribution in [3.8, 4) is 0 Å². The van der Waals surface area contributed by atoms with E-state index in [1.165, 1.54) is 10.6 Å². The van der Waals surface area contributed by atoms with Crippen LogP contribution in [0.1, 0.15) is 26.7 Å². The van der Waals surface area contributed by atoms with Crippen LogP contribution in [0.15, 0.2) is 91.0 Å². The molecule has 3 aromatic rings. The second-order valence-electron chi connectivity index (χ2n) is 8.17. The van der Waals surface area contributed by atoms with Crippen molar-refractivity contribution in [2.45, 2.75) is 37.5 Å². The van der Waals surface area contributed by atoms with Gasteiger partial charge in [-0.05, 0) is 31.4 Å². The number of rotatable bonds is 5. The average Bonchev–Trinajstić information content (AvgIpc) is 3.14. The smallest absolute Gasteiger partial charge is 0.119 e. The van der Waals surface area contributed by atoms with Crippen LogP contribution in [-0.2, 0) is 4.57 Å². The average molecular weight is 406 g/mol. The minimum Gasteiger partial charge on any atom is -0.318 e. The van der Waals surface area contributed by atoms with Gasteiger partial charge in [-0.15, -0.1) is 0 Å². The molecule has 0 aromatic heterocycles. The molecule has 1 fully saturated rings. The van der Waals surface area contributed by atoms with Crippen molar-refractivity contribution < 1.29 is 4.57 Å². The summed E-state index contributed by atoms with van der Waals surface area (Å²) in [6, 6.07) is 32.0. The van der Waals surface area contributed by atoms with Crippen LogP contribution < -0.4 is 15.9 Å². The highest BCUT2D eigenvalue weighted by atomic mass is 31.2. The Bertz CT molecular complexity index is 912. The zero-order chi connectivity index (χ0) is 19.6. The minimum atomic E-state index is -2.43. The first-order valence-corrected chi connectivity index (χ1v) is 13.4. The van der Waals surface area contributed by atoms with Crippen molar-refractivity contribution in [3.63, 3.8) is 0 Å². The Morgan fingerprint density at radius 1 is 0.786 bits per heavy atom. The van der Waals surface area contributed by atoms with E-state index in [0.717, 1.165) is 24.3 Å². The number of benzene rings is 3. The van der Waals surface area contributed by atoms with Gasteiger partial charge in [0, 0.05) is 22.3 Å². The molecule has 0 amide bonds. The summed E-state index contributed by atoms with van der Waals surface area (Å²) in [6.07, 6.45) is 2.96. The molecule has 1 aliphatic rings. The second kappa shape index (κ2) is 7.98. The molecule has 0 aliphatic carbocycles. The van der Waals surface area contributed by atoms with Gasteiger partial charge in [-0.1, -0.05) is 105 Å². The first-order valence-electron chi connectivity index (χ1n) is 10.1. The highest BCUT2D eigenvalue weighted by Gasteiger charge is 2.51. The lowest BCUT2D eigenvalue weighted by Gasteiger charge is -2.43. The predicted molar refractivity (Wildman–Crippen MR) is 125 cm³/mol. The van der Waals surface area contributed by atoms with Crippen LogP contribution in [0.2, 0.25) is 0 Å². The summed E-state index contributed by atoms with van der Waals surface area (Å²) in [4.78, 5) is 0. The maximum absolute atomic E-state index is 14.4. The fourth-order valence-electron chi connectivity index (χ4n) is 4.85. The molecule has 3 aromatic carbocycles. The third-order valence-corrected chi connectivity index (χ3v) is 13.4. The summed E-state index contributed by atoms with van der Waals surface area (Å²) < 4.78 is 14.4. The van der Waals surface area contributed by atoms with E-state index in [1.54, 1.807) is 0 Å². The second-order valence-corrected chi connectivity index (χ2v) is 14.2. The Kier molecular flexibility index (Phi) is 5.59. The van der Waals surface area contributed by atoms with Crippen molar-refractivity contribution in [1.82, 2.24) is 0 Å². The molecule has 4 rings (SSSR count). The highest BCUT2D eigenvalue weighted by Crippen LogP contribution is 2.67. The zero-order valence-corrected chi connectivity index (χ0v) is 18.5. The van der Waals surface area contributed by atoms with Gasteiger partial charge in [0.1, 0.15) is 7.14 Å². The van der Waals surface area contributed by atoms with Crippen LogP contribution in [0.3, 0.4) is 0 Å². The standard InChI is InChI=1S/C25H28OP2/c1-25(2,24-19-12-20-28(24,26)23-17-10-5-11-18-23)27(21-13-6-3-7-14-21)22-15-8-4-9-16-22/h3-11,13-18,24H,12,19-20H2,1-2H3/t24-,28-/m0/s1.